The summed E-state index contributed by atoms with van der Waals surface area (Å²) >= 11 is 0. The van der Waals surface area contributed by atoms with Crippen molar-refractivity contribution in [2.75, 3.05) is 11.9 Å². The number of aromatic amines is 1. The van der Waals surface area contributed by atoms with E-state index in [2.05, 4.69) is 10.3 Å². The molecule has 0 unspecified atom stereocenters. The summed E-state index contributed by atoms with van der Waals surface area (Å²) in [6.45, 7) is 3.73. The monoisotopic (exact) mass is 364 g/mol. The molecule has 3 aromatic rings. The van der Waals surface area contributed by atoms with E-state index in [1.165, 1.54) is 0 Å². The number of amides is 1. The number of benzene rings is 2. The van der Waals surface area contributed by atoms with Crippen molar-refractivity contribution in [3.05, 3.63) is 75.6 Å². The Balaban J connectivity index is 1.79. The minimum Gasteiger partial charge on any atom is -0.462 e. The second-order valence-corrected chi connectivity index (χ2v) is 6.19. The fourth-order valence-corrected chi connectivity index (χ4v) is 2.83. The molecule has 1 amide bonds. The van der Waals surface area contributed by atoms with Gasteiger partial charge in [-0.05, 0) is 55.1 Å². The average molecular weight is 364 g/mol. The van der Waals surface area contributed by atoms with Crippen molar-refractivity contribution in [2.24, 2.45) is 0 Å². The predicted octanol–water partition coefficient (Wildman–Crippen LogP) is 3.19. The largest absolute Gasteiger partial charge is 0.462 e. The third kappa shape index (κ3) is 4.23. The van der Waals surface area contributed by atoms with Crippen molar-refractivity contribution in [2.45, 2.75) is 20.3 Å². The molecule has 0 atom stereocenters. The van der Waals surface area contributed by atoms with E-state index in [1.807, 2.05) is 6.07 Å². The highest BCUT2D eigenvalue weighted by molar-refractivity contribution is 6.01. The number of fused-ring (bicyclic) bond motifs is 1. The molecule has 0 aliphatic carbocycles. The minimum absolute atomic E-state index is 0.122. The lowest BCUT2D eigenvalue weighted by Gasteiger charge is -2.10. The number of aromatic nitrogens is 1. The Kier molecular flexibility index (Phi) is 5.35. The number of ether oxygens (including phenoxy) is 1. The zero-order valence-electron chi connectivity index (χ0n) is 15.2. The molecule has 1 aromatic heterocycles. The molecule has 6 nitrogen and oxygen atoms in total. The Labute approximate surface area is 156 Å². The Morgan fingerprint density at radius 3 is 2.67 bits per heavy atom. The number of carbonyl (C=O) groups excluding carboxylic acids is 2. The van der Waals surface area contributed by atoms with Gasteiger partial charge in [-0.25, -0.2) is 4.79 Å². The van der Waals surface area contributed by atoms with Crippen LogP contribution in [0.25, 0.3) is 10.9 Å². The SMILES string of the molecule is CCOC(=O)c1ccccc1NC(=O)Cc1ccc2[nH]c(=O)c(C)cc2c1. The molecule has 0 saturated carbocycles. The van der Waals surface area contributed by atoms with E-state index in [1.54, 1.807) is 56.3 Å². The molecular weight excluding hydrogens is 344 g/mol. The number of para-hydroxylation sites is 1. The van der Waals surface area contributed by atoms with Crippen LogP contribution in [-0.4, -0.2) is 23.5 Å². The van der Waals surface area contributed by atoms with Gasteiger partial charge in [-0.1, -0.05) is 18.2 Å². The van der Waals surface area contributed by atoms with Crippen LogP contribution in [0.3, 0.4) is 0 Å². The summed E-state index contributed by atoms with van der Waals surface area (Å²) < 4.78 is 5.02. The van der Waals surface area contributed by atoms with Crippen molar-refractivity contribution in [3.63, 3.8) is 0 Å². The number of aryl methyl sites for hydroxylation is 1. The van der Waals surface area contributed by atoms with Gasteiger partial charge in [-0.3, -0.25) is 9.59 Å². The third-order valence-corrected chi connectivity index (χ3v) is 4.16. The molecule has 0 bridgehead atoms. The number of hydrogen-bond donors (Lipinski definition) is 2. The van der Waals surface area contributed by atoms with E-state index in [0.29, 0.717) is 16.8 Å². The Morgan fingerprint density at radius 2 is 1.89 bits per heavy atom. The van der Waals surface area contributed by atoms with Crippen LogP contribution in [0.4, 0.5) is 5.69 Å². The average Bonchev–Trinajstić information content (AvgIpc) is 2.63. The number of pyridine rings is 1. The van der Waals surface area contributed by atoms with Gasteiger partial charge >= 0.3 is 5.97 Å². The van der Waals surface area contributed by atoms with Crippen LogP contribution in [0, 0.1) is 6.92 Å². The maximum atomic E-state index is 12.5. The van der Waals surface area contributed by atoms with E-state index in [4.69, 9.17) is 4.74 Å². The lowest BCUT2D eigenvalue weighted by molar-refractivity contribution is -0.115. The maximum Gasteiger partial charge on any atom is 0.340 e. The molecule has 0 saturated heterocycles. The fraction of sp³-hybridized carbons (Fsp3) is 0.190. The summed E-state index contributed by atoms with van der Waals surface area (Å²) in [5, 5.41) is 3.63. The van der Waals surface area contributed by atoms with Gasteiger partial charge in [0.15, 0.2) is 0 Å². The number of rotatable bonds is 5. The molecule has 6 heteroatoms. The number of nitrogens with one attached hydrogen (secondary N) is 2. The Morgan fingerprint density at radius 1 is 1.11 bits per heavy atom. The Hall–Kier alpha value is -3.41. The molecule has 3 rings (SSSR count). The molecule has 0 fully saturated rings. The van der Waals surface area contributed by atoms with Crippen molar-refractivity contribution >= 4 is 28.5 Å². The Bertz CT molecular complexity index is 1070. The molecule has 1 heterocycles. The van der Waals surface area contributed by atoms with Crippen LogP contribution in [0.2, 0.25) is 0 Å². The maximum absolute atomic E-state index is 12.5. The predicted molar refractivity (Wildman–Crippen MR) is 104 cm³/mol. The quantitative estimate of drug-likeness (QED) is 0.681. The van der Waals surface area contributed by atoms with Crippen LogP contribution in [-0.2, 0) is 16.0 Å². The molecule has 27 heavy (non-hydrogen) atoms. The first-order valence-electron chi connectivity index (χ1n) is 8.66. The smallest absolute Gasteiger partial charge is 0.340 e. The topological polar surface area (TPSA) is 88.3 Å². The van der Waals surface area contributed by atoms with E-state index < -0.39 is 5.97 Å². The van der Waals surface area contributed by atoms with Crippen LogP contribution < -0.4 is 10.9 Å². The molecule has 0 aliphatic heterocycles. The number of hydrogen-bond acceptors (Lipinski definition) is 4. The van der Waals surface area contributed by atoms with E-state index in [9.17, 15) is 14.4 Å². The normalized spacial score (nSPS) is 10.6. The van der Waals surface area contributed by atoms with Crippen LogP contribution in [0.5, 0.6) is 0 Å². The van der Waals surface area contributed by atoms with Gasteiger partial charge in [-0.15, -0.1) is 0 Å². The van der Waals surface area contributed by atoms with Gasteiger partial charge in [0, 0.05) is 11.1 Å². The first-order valence-corrected chi connectivity index (χ1v) is 8.66. The van der Waals surface area contributed by atoms with Gasteiger partial charge in [0.25, 0.3) is 5.56 Å². The van der Waals surface area contributed by atoms with Crippen molar-refractivity contribution in [3.8, 4) is 0 Å². The zero-order valence-corrected chi connectivity index (χ0v) is 15.2. The van der Waals surface area contributed by atoms with Gasteiger partial charge < -0.3 is 15.0 Å². The third-order valence-electron chi connectivity index (χ3n) is 4.16. The highest BCUT2D eigenvalue weighted by Crippen LogP contribution is 2.18. The standard InChI is InChI=1S/C21H20N2O4/c1-3-27-21(26)16-6-4-5-7-18(16)22-19(24)12-14-8-9-17-15(11-14)10-13(2)20(25)23-17/h4-11H,3,12H2,1-2H3,(H,22,24)(H,23,25). The summed E-state index contributed by atoms with van der Waals surface area (Å²) in [7, 11) is 0. The fourth-order valence-electron chi connectivity index (χ4n) is 2.83. The molecule has 0 aliphatic rings. The molecular formula is C21H20N2O4. The number of carbonyl (C=O) groups is 2. The molecule has 2 aromatic carbocycles. The van der Waals surface area contributed by atoms with Crippen molar-refractivity contribution < 1.29 is 14.3 Å². The highest BCUT2D eigenvalue weighted by atomic mass is 16.5. The van der Waals surface area contributed by atoms with E-state index in [-0.39, 0.29) is 24.5 Å². The molecule has 2 N–H and O–H groups in total. The zero-order chi connectivity index (χ0) is 19.4. The molecule has 0 spiro atoms. The van der Waals surface area contributed by atoms with Gasteiger partial charge in [0.05, 0.1) is 24.3 Å². The van der Waals surface area contributed by atoms with E-state index in [0.717, 1.165) is 16.5 Å². The highest BCUT2D eigenvalue weighted by Gasteiger charge is 2.14. The summed E-state index contributed by atoms with van der Waals surface area (Å²) in [5.74, 6) is -0.717. The van der Waals surface area contributed by atoms with Gasteiger partial charge in [-0.2, -0.15) is 0 Å². The minimum atomic E-state index is -0.474. The summed E-state index contributed by atoms with van der Waals surface area (Å²) in [4.78, 5) is 38.9. The number of H-pyrrole nitrogens is 1. The number of anilines is 1. The second kappa shape index (κ2) is 7.86. The van der Waals surface area contributed by atoms with Crippen LogP contribution >= 0.6 is 0 Å². The first-order chi connectivity index (χ1) is 13.0. The lowest BCUT2D eigenvalue weighted by atomic mass is 10.1. The first kappa shape index (κ1) is 18.4. The molecule has 138 valence electrons. The molecule has 0 radical (unpaired) electrons. The number of esters is 1. The summed E-state index contributed by atoms with van der Waals surface area (Å²) in [5.41, 5.74) is 2.76. The summed E-state index contributed by atoms with van der Waals surface area (Å²) in [6, 6.07) is 14.0. The van der Waals surface area contributed by atoms with Gasteiger partial charge in [0.1, 0.15) is 0 Å². The van der Waals surface area contributed by atoms with Crippen molar-refractivity contribution in [1.82, 2.24) is 4.98 Å². The van der Waals surface area contributed by atoms with E-state index >= 15 is 0 Å². The second-order valence-electron chi connectivity index (χ2n) is 6.19. The van der Waals surface area contributed by atoms with Crippen molar-refractivity contribution in [1.29, 1.82) is 0 Å². The van der Waals surface area contributed by atoms with Crippen LogP contribution in [0.15, 0.2) is 53.3 Å². The lowest BCUT2D eigenvalue weighted by Crippen LogP contribution is -2.17. The van der Waals surface area contributed by atoms with Gasteiger partial charge in [0.2, 0.25) is 5.91 Å². The summed E-state index contributed by atoms with van der Waals surface area (Å²) in [6.07, 6.45) is 0.144. The van der Waals surface area contributed by atoms with Crippen LogP contribution in [0.1, 0.15) is 28.4 Å².